The molecule has 0 spiro atoms. The Hall–Kier alpha value is -0.810. The van der Waals surface area contributed by atoms with E-state index in [0.29, 0.717) is 19.6 Å². The average Bonchev–Trinajstić information content (AvgIpc) is 2.13. The predicted octanol–water partition coefficient (Wildman–Crippen LogP) is -0.0266. The zero-order chi connectivity index (χ0) is 9.94. The minimum absolute atomic E-state index is 0.0848. The molecule has 0 aliphatic rings. The molecule has 0 heterocycles. The third-order valence-electron chi connectivity index (χ3n) is 1.63. The van der Waals surface area contributed by atoms with Gasteiger partial charge in [-0.3, -0.25) is 4.90 Å². The summed E-state index contributed by atoms with van der Waals surface area (Å²) >= 11 is 0. The number of nitrogens with zero attached hydrogens (tertiary/aromatic N) is 4. The van der Waals surface area contributed by atoms with E-state index < -0.39 is 0 Å². The normalized spacial score (nSPS) is 10.1. The molecule has 0 unspecified atom stereocenters. The Morgan fingerprint density at radius 3 is 2.23 bits per heavy atom. The first-order valence-electron chi connectivity index (χ1n) is 4.30. The Bertz CT molecular complexity index is 153. The summed E-state index contributed by atoms with van der Waals surface area (Å²) in [4.78, 5) is 4.56. The summed E-state index contributed by atoms with van der Waals surface area (Å²) in [5.74, 6) is 0. The van der Waals surface area contributed by atoms with E-state index in [4.69, 9.17) is 15.7 Å². The monoisotopic (exact) mass is 188 g/mol. The maximum Gasteiger partial charge on any atom is 0.0558 e. The van der Waals surface area contributed by atoms with Crippen molar-refractivity contribution in [2.75, 3.05) is 39.4 Å². The van der Waals surface area contributed by atoms with Gasteiger partial charge in [-0.15, -0.1) is 0 Å². The van der Waals surface area contributed by atoms with E-state index in [0.717, 1.165) is 13.0 Å². The van der Waals surface area contributed by atoms with Gasteiger partial charge in [0.1, 0.15) is 0 Å². The molecule has 0 radical (unpaired) electrons. The van der Waals surface area contributed by atoms with Gasteiger partial charge in [-0.1, -0.05) is 5.11 Å². The molecule has 13 heavy (non-hydrogen) atoms. The molecule has 0 atom stereocenters. The van der Waals surface area contributed by atoms with Crippen molar-refractivity contribution in [1.82, 2.24) is 4.90 Å². The molecule has 0 saturated heterocycles. The van der Waals surface area contributed by atoms with Crippen LogP contribution in [0.3, 0.4) is 0 Å². The molecular weight excluding hydrogens is 172 g/mol. The number of rotatable bonds is 8. The molecule has 0 aromatic carbocycles. The summed E-state index contributed by atoms with van der Waals surface area (Å²) in [6.07, 6.45) is 0.754. The highest BCUT2D eigenvalue weighted by atomic mass is 16.3. The lowest BCUT2D eigenvalue weighted by Crippen LogP contribution is -2.31. The van der Waals surface area contributed by atoms with E-state index in [1.165, 1.54) is 0 Å². The topological polar surface area (TPSA) is 92.5 Å². The number of aliphatic hydroxyl groups excluding tert-OH is 2. The van der Waals surface area contributed by atoms with Crippen molar-refractivity contribution in [3.63, 3.8) is 0 Å². The number of aliphatic hydroxyl groups is 2. The van der Waals surface area contributed by atoms with Crippen LogP contribution in [0, 0.1) is 0 Å². The van der Waals surface area contributed by atoms with E-state index in [9.17, 15) is 0 Å². The Morgan fingerprint density at radius 2 is 1.77 bits per heavy atom. The van der Waals surface area contributed by atoms with E-state index in [1.54, 1.807) is 0 Å². The lowest BCUT2D eigenvalue weighted by atomic mass is 10.3. The quantitative estimate of drug-likeness (QED) is 0.242. The molecule has 0 aromatic heterocycles. The second-order valence-corrected chi connectivity index (χ2v) is 2.60. The van der Waals surface area contributed by atoms with Gasteiger partial charge < -0.3 is 10.2 Å². The lowest BCUT2D eigenvalue weighted by molar-refractivity contribution is 0.160. The molecule has 76 valence electrons. The van der Waals surface area contributed by atoms with Crippen molar-refractivity contribution in [1.29, 1.82) is 0 Å². The fourth-order valence-electron chi connectivity index (χ4n) is 1.03. The maximum absolute atomic E-state index is 8.66. The minimum atomic E-state index is 0.0848. The third kappa shape index (κ3) is 7.55. The Balaban J connectivity index is 3.48. The maximum atomic E-state index is 8.66. The largest absolute Gasteiger partial charge is 0.395 e. The Kier molecular flexibility index (Phi) is 8.70. The van der Waals surface area contributed by atoms with Crippen LogP contribution in [-0.2, 0) is 0 Å². The molecule has 6 nitrogen and oxygen atoms in total. The number of azide groups is 1. The SMILES string of the molecule is [N-]=[N+]=NCCCN(CCO)CCO. The van der Waals surface area contributed by atoms with Crippen molar-refractivity contribution in [3.05, 3.63) is 10.4 Å². The van der Waals surface area contributed by atoms with Crippen LogP contribution in [0.1, 0.15) is 6.42 Å². The third-order valence-corrected chi connectivity index (χ3v) is 1.63. The summed E-state index contributed by atoms with van der Waals surface area (Å²) in [6, 6.07) is 0. The van der Waals surface area contributed by atoms with Crippen LogP contribution in [0.15, 0.2) is 5.11 Å². The van der Waals surface area contributed by atoms with Crippen LogP contribution in [0.25, 0.3) is 10.4 Å². The van der Waals surface area contributed by atoms with Gasteiger partial charge in [0.05, 0.1) is 13.2 Å². The van der Waals surface area contributed by atoms with Gasteiger partial charge in [0.15, 0.2) is 0 Å². The van der Waals surface area contributed by atoms with Crippen molar-refractivity contribution in [2.24, 2.45) is 5.11 Å². The summed E-state index contributed by atoms with van der Waals surface area (Å²) < 4.78 is 0. The van der Waals surface area contributed by atoms with Gasteiger partial charge in [-0.05, 0) is 18.5 Å². The molecule has 0 aliphatic heterocycles. The smallest absolute Gasteiger partial charge is 0.0558 e. The predicted molar refractivity (Wildman–Crippen MR) is 49.2 cm³/mol. The van der Waals surface area contributed by atoms with Crippen LogP contribution in [0.5, 0.6) is 0 Å². The van der Waals surface area contributed by atoms with Crippen LogP contribution in [0.2, 0.25) is 0 Å². The molecule has 2 N–H and O–H groups in total. The zero-order valence-corrected chi connectivity index (χ0v) is 7.63. The van der Waals surface area contributed by atoms with Crippen molar-refractivity contribution >= 4 is 0 Å². The molecule has 6 heteroatoms. The first-order chi connectivity index (χ1) is 6.35. The van der Waals surface area contributed by atoms with Gasteiger partial charge in [0.2, 0.25) is 0 Å². The molecule has 0 saturated carbocycles. The van der Waals surface area contributed by atoms with Crippen molar-refractivity contribution < 1.29 is 10.2 Å². The van der Waals surface area contributed by atoms with Crippen LogP contribution in [0.4, 0.5) is 0 Å². The molecule has 0 fully saturated rings. The highest BCUT2D eigenvalue weighted by molar-refractivity contribution is 4.58. The summed E-state index contributed by atoms with van der Waals surface area (Å²) in [5.41, 5.74) is 8.00. The summed E-state index contributed by atoms with van der Waals surface area (Å²) in [5, 5.41) is 20.7. The second kappa shape index (κ2) is 9.28. The lowest BCUT2D eigenvalue weighted by Gasteiger charge is -2.19. The number of hydrogen-bond acceptors (Lipinski definition) is 4. The fraction of sp³-hybridized carbons (Fsp3) is 1.00. The fourth-order valence-corrected chi connectivity index (χ4v) is 1.03. The minimum Gasteiger partial charge on any atom is -0.395 e. The Morgan fingerprint density at radius 1 is 1.15 bits per heavy atom. The first-order valence-corrected chi connectivity index (χ1v) is 4.30. The summed E-state index contributed by atoms with van der Waals surface area (Å²) in [6.45, 7) is 2.47. The van der Waals surface area contributed by atoms with E-state index >= 15 is 0 Å². The molecule has 0 bridgehead atoms. The van der Waals surface area contributed by atoms with E-state index in [2.05, 4.69) is 10.0 Å². The average molecular weight is 188 g/mol. The van der Waals surface area contributed by atoms with Gasteiger partial charge in [0, 0.05) is 24.5 Å². The van der Waals surface area contributed by atoms with Gasteiger partial charge in [0.25, 0.3) is 0 Å². The zero-order valence-electron chi connectivity index (χ0n) is 7.63. The molecular formula is C7H16N4O2. The van der Waals surface area contributed by atoms with Gasteiger partial charge in [-0.2, -0.15) is 0 Å². The van der Waals surface area contributed by atoms with Crippen LogP contribution in [-0.4, -0.2) is 54.5 Å². The molecule has 0 amide bonds. The Labute approximate surface area is 77.4 Å². The van der Waals surface area contributed by atoms with Crippen LogP contribution < -0.4 is 0 Å². The van der Waals surface area contributed by atoms with Crippen molar-refractivity contribution in [3.8, 4) is 0 Å². The molecule has 0 aromatic rings. The highest BCUT2D eigenvalue weighted by Gasteiger charge is 2.01. The highest BCUT2D eigenvalue weighted by Crippen LogP contribution is 1.91. The van der Waals surface area contributed by atoms with E-state index in [1.807, 2.05) is 4.90 Å². The second-order valence-electron chi connectivity index (χ2n) is 2.60. The van der Waals surface area contributed by atoms with E-state index in [-0.39, 0.29) is 13.2 Å². The van der Waals surface area contributed by atoms with Gasteiger partial charge >= 0.3 is 0 Å². The standard InChI is InChI=1S/C7H16N4O2/c8-10-9-2-1-3-11(4-6-12)5-7-13/h12-13H,1-7H2. The van der Waals surface area contributed by atoms with Crippen LogP contribution >= 0.6 is 0 Å². The molecule has 0 aliphatic carbocycles. The molecule has 0 rings (SSSR count). The first kappa shape index (κ1) is 12.2. The van der Waals surface area contributed by atoms with Crippen molar-refractivity contribution in [2.45, 2.75) is 6.42 Å². The summed E-state index contributed by atoms with van der Waals surface area (Å²) in [7, 11) is 0. The number of hydrogen-bond donors (Lipinski definition) is 2. The van der Waals surface area contributed by atoms with Gasteiger partial charge in [-0.25, -0.2) is 0 Å².